The molecular formula is C22H17N3O3. The average Bonchev–Trinajstić information content (AvgIpc) is 2.73. The molecule has 3 aromatic carbocycles. The van der Waals surface area contributed by atoms with Gasteiger partial charge in [-0.25, -0.2) is 9.36 Å². The Labute approximate surface area is 160 Å². The molecule has 1 amide bonds. The third-order valence-corrected chi connectivity index (χ3v) is 4.42. The number of nitrogens with zero attached hydrogens (tertiary/aromatic N) is 2. The van der Waals surface area contributed by atoms with Crippen molar-refractivity contribution in [2.24, 2.45) is 0 Å². The summed E-state index contributed by atoms with van der Waals surface area (Å²) in [5.41, 5.74) is 0.555. The van der Waals surface area contributed by atoms with E-state index in [1.165, 1.54) is 4.57 Å². The van der Waals surface area contributed by atoms with Crippen LogP contribution in [0.3, 0.4) is 0 Å². The van der Waals surface area contributed by atoms with Gasteiger partial charge in [-0.05, 0) is 36.4 Å². The second-order valence-electron chi connectivity index (χ2n) is 6.28. The van der Waals surface area contributed by atoms with Gasteiger partial charge < -0.3 is 5.32 Å². The number of carbonyl (C=O) groups excluding carboxylic acids is 1. The fourth-order valence-electron chi connectivity index (χ4n) is 3.14. The van der Waals surface area contributed by atoms with E-state index in [2.05, 4.69) is 5.32 Å². The number of para-hydroxylation sites is 3. The van der Waals surface area contributed by atoms with Crippen LogP contribution in [-0.4, -0.2) is 15.0 Å². The normalized spacial score (nSPS) is 10.7. The molecule has 1 aromatic heterocycles. The van der Waals surface area contributed by atoms with E-state index in [0.717, 1.165) is 4.57 Å². The van der Waals surface area contributed by atoms with Crippen molar-refractivity contribution in [2.75, 3.05) is 5.32 Å². The van der Waals surface area contributed by atoms with E-state index >= 15 is 0 Å². The Balaban J connectivity index is 1.85. The second-order valence-corrected chi connectivity index (χ2v) is 6.28. The molecule has 4 rings (SSSR count). The number of hydrogen-bond donors (Lipinski definition) is 1. The minimum Gasteiger partial charge on any atom is -0.325 e. The van der Waals surface area contributed by atoms with Gasteiger partial charge in [-0.1, -0.05) is 48.5 Å². The lowest BCUT2D eigenvalue weighted by Gasteiger charge is -2.14. The number of anilines is 1. The van der Waals surface area contributed by atoms with Crippen molar-refractivity contribution in [1.82, 2.24) is 9.13 Å². The van der Waals surface area contributed by atoms with Crippen molar-refractivity contribution in [3.05, 3.63) is 106 Å². The molecule has 0 unspecified atom stereocenters. The lowest BCUT2D eigenvalue weighted by molar-refractivity contribution is -0.116. The summed E-state index contributed by atoms with van der Waals surface area (Å²) in [6.07, 6.45) is 0. The highest BCUT2D eigenvalue weighted by atomic mass is 16.2. The summed E-state index contributed by atoms with van der Waals surface area (Å²) in [7, 11) is 0. The summed E-state index contributed by atoms with van der Waals surface area (Å²) in [5.74, 6) is -0.350. The number of benzene rings is 3. The first kappa shape index (κ1) is 17.5. The fraction of sp³-hybridized carbons (Fsp3) is 0.0455. The molecule has 0 aliphatic heterocycles. The van der Waals surface area contributed by atoms with Crippen LogP contribution in [0.4, 0.5) is 5.69 Å². The summed E-state index contributed by atoms with van der Waals surface area (Å²) < 4.78 is 2.42. The van der Waals surface area contributed by atoms with E-state index in [9.17, 15) is 14.4 Å². The van der Waals surface area contributed by atoms with Gasteiger partial charge in [0.25, 0.3) is 5.56 Å². The van der Waals surface area contributed by atoms with Gasteiger partial charge in [-0.3, -0.25) is 14.2 Å². The van der Waals surface area contributed by atoms with E-state index in [1.54, 1.807) is 66.7 Å². The van der Waals surface area contributed by atoms with E-state index in [4.69, 9.17) is 0 Å². The molecule has 0 radical (unpaired) electrons. The third-order valence-electron chi connectivity index (χ3n) is 4.42. The zero-order chi connectivity index (χ0) is 19.5. The topological polar surface area (TPSA) is 73.1 Å². The molecule has 0 aliphatic carbocycles. The van der Waals surface area contributed by atoms with Crippen LogP contribution in [0.5, 0.6) is 0 Å². The molecular weight excluding hydrogens is 354 g/mol. The van der Waals surface area contributed by atoms with Gasteiger partial charge >= 0.3 is 5.69 Å². The van der Waals surface area contributed by atoms with Crippen LogP contribution in [-0.2, 0) is 11.3 Å². The van der Waals surface area contributed by atoms with E-state index < -0.39 is 11.2 Å². The molecule has 1 heterocycles. The molecule has 0 fully saturated rings. The first-order valence-corrected chi connectivity index (χ1v) is 8.80. The predicted octanol–water partition coefficient (Wildman–Crippen LogP) is 2.79. The molecule has 138 valence electrons. The maximum Gasteiger partial charge on any atom is 0.336 e. The van der Waals surface area contributed by atoms with Gasteiger partial charge in [0.1, 0.15) is 6.54 Å². The van der Waals surface area contributed by atoms with Crippen LogP contribution < -0.4 is 16.6 Å². The maximum absolute atomic E-state index is 13.1. The first-order chi connectivity index (χ1) is 13.6. The van der Waals surface area contributed by atoms with Gasteiger partial charge in [-0.2, -0.15) is 0 Å². The van der Waals surface area contributed by atoms with Crippen LogP contribution in [0.2, 0.25) is 0 Å². The minimum absolute atomic E-state index is 0.207. The minimum atomic E-state index is -0.557. The van der Waals surface area contributed by atoms with Crippen molar-refractivity contribution >= 4 is 22.5 Å². The largest absolute Gasteiger partial charge is 0.336 e. The van der Waals surface area contributed by atoms with Gasteiger partial charge in [-0.15, -0.1) is 0 Å². The van der Waals surface area contributed by atoms with Crippen molar-refractivity contribution in [3.63, 3.8) is 0 Å². The number of carbonyl (C=O) groups is 1. The number of fused-ring (bicyclic) bond motifs is 1. The molecule has 6 nitrogen and oxygen atoms in total. The van der Waals surface area contributed by atoms with Crippen molar-refractivity contribution in [1.29, 1.82) is 0 Å². The number of amides is 1. The highest BCUT2D eigenvalue weighted by Crippen LogP contribution is 2.11. The maximum atomic E-state index is 13.1. The number of rotatable bonds is 4. The standard InChI is InChI=1S/C22H17N3O3/c26-20(23-16-9-3-1-4-10-16)15-24-19-14-8-7-13-18(19)21(27)25(22(24)28)17-11-5-2-6-12-17/h1-14H,15H2,(H,23,26). The Hall–Kier alpha value is -3.93. The molecule has 0 spiro atoms. The SMILES string of the molecule is O=C(Cn1c(=O)n(-c2ccccc2)c(=O)c2ccccc21)Nc1ccccc1. The predicted molar refractivity (Wildman–Crippen MR) is 109 cm³/mol. The van der Waals surface area contributed by atoms with Gasteiger partial charge in [0.05, 0.1) is 16.6 Å². The highest BCUT2D eigenvalue weighted by Gasteiger charge is 2.16. The first-order valence-electron chi connectivity index (χ1n) is 8.80. The number of nitrogens with one attached hydrogen (secondary N) is 1. The van der Waals surface area contributed by atoms with Crippen LogP contribution in [0.1, 0.15) is 0 Å². The molecule has 6 heteroatoms. The summed E-state index contributed by atoms with van der Waals surface area (Å²) in [4.78, 5) is 38.6. The zero-order valence-corrected chi connectivity index (χ0v) is 14.9. The van der Waals surface area contributed by atoms with Crippen LogP contribution in [0.15, 0.2) is 94.5 Å². The summed E-state index contributed by atoms with van der Waals surface area (Å²) in [6, 6.07) is 24.5. The third kappa shape index (κ3) is 3.23. The lowest BCUT2D eigenvalue weighted by atomic mass is 10.2. The van der Waals surface area contributed by atoms with Crippen LogP contribution >= 0.6 is 0 Å². The molecule has 0 saturated heterocycles. The smallest absolute Gasteiger partial charge is 0.325 e. The Morgan fingerprint density at radius 1 is 0.786 bits per heavy atom. The van der Waals surface area contributed by atoms with Crippen molar-refractivity contribution < 1.29 is 4.79 Å². The van der Waals surface area contributed by atoms with E-state index in [1.807, 2.05) is 18.2 Å². The Bertz CT molecular complexity index is 1260. The molecule has 0 atom stereocenters. The van der Waals surface area contributed by atoms with Gasteiger partial charge in [0.15, 0.2) is 0 Å². The fourth-order valence-corrected chi connectivity index (χ4v) is 3.14. The van der Waals surface area contributed by atoms with Crippen LogP contribution in [0.25, 0.3) is 16.6 Å². The Morgan fingerprint density at radius 2 is 1.39 bits per heavy atom. The lowest BCUT2D eigenvalue weighted by Crippen LogP contribution is -2.40. The van der Waals surface area contributed by atoms with Crippen molar-refractivity contribution in [3.8, 4) is 5.69 Å². The summed E-state index contributed by atoms with van der Waals surface area (Å²) in [5, 5.41) is 3.14. The van der Waals surface area contributed by atoms with Gasteiger partial charge in [0, 0.05) is 5.69 Å². The van der Waals surface area contributed by atoms with E-state index in [-0.39, 0.29) is 12.5 Å². The molecule has 1 N–H and O–H groups in total. The molecule has 0 saturated carbocycles. The number of aromatic nitrogens is 2. The number of hydrogen-bond acceptors (Lipinski definition) is 3. The molecule has 28 heavy (non-hydrogen) atoms. The second kappa shape index (κ2) is 7.36. The summed E-state index contributed by atoms with van der Waals surface area (Å²) >= 11 is 0. The molecule has 4 aromatic rings. The monoisotopic (exact) mass is 371 g/mol. The highest BCUT2D eigenvalue weighted by molar-refractivity contribution is 5.91. The Kier molecular flexibility index (Phi) is 4.60. The average molecular weight is 371 g/mol. The Morgan fingerprint density at radius 3 is 2.11 bits per heavy atom. The molecule has 0 bridgehead atoms. The quantitative estimate of drug-likeness (QED) is 0.600. The van der Waals surface area contributed by atoms with Crippen LogP contribution in [0, 0.1) is 0 Å². The summed E-state index contributed by atoms with van der Waals surface area (Å²) in [6.45, 7) is -0.207. The van der Waals surface area contributed by atoms with Crippen molar-refractivity contribution in [2.45, 2.75) is 6.54 Å². The van der Waals surface area contributed by atoms with Gasteiger partial charge in [0.2, 0.25) is 5.91 Å². The zero-order valence-electron chi connectivity index (χ0n) is 14.9. The molecule has 0 aliphatic rings. The van der Waals surface area contributed by atoms with E-state index in [0.29, 0.717) is 22.3 Å².